The molecule has 7 heteroatoms. The average Bonchev–Trinajstić information content (AvgIpc) is 2.13. The summed E-state index contributed by atoms with van der Waals surface area (Å²) in [7, 11) is 2.40. The maximum absolute atomic E-state index is 11.4. The maximum atomic E-state index is 11.4. The molecule has 0 fully saturated rings. The first kappa shape index (κ1) is 15.4. The lowest BCUT2D eigenvalue weighted by atomic mass is 10.2. The van der Waals surface area contributed by atoms with Crippen molar-refractivity contribution in [3.63, 3.8) is 0 Å². The maximum Gasteiger partial charge on any atom is 0.408 e. The third-order valence-corrected chi connectivity index (χ3v) is 2.35. The van der Waals surface area contributed by atoms with Gasteiger partial charge in [0.2, 0.25) is 0 Å². The minimum atomic E-state index is -0.748. The molecule has 16 heavy (non-hydrogen) atoms. The molecule has 0 saturated carbocycles. The second kappa shape index (κ2) is 6.90. The Morgan fingerprint density at radius 1 is 1.44 bits per heavy atom. The molecule has 1 atom stereocenters. The van der Waals surface area contributed by atoms with Gasteiger partial charge < -0.3 is 14.8 Å². The highest BCUT2D eigenvalue weighted by Crippen LogP contribution is 2.10. The van der Waals surface area contributed by atoms with Crippen LogP contribution in [-0.2, 0) is 14.3 Å². The zero-order chi connectivity index (χ0) is 12.8. The number of ether oxygens (including phenoxy) is 2. The molecule has 0 rings (SSSR count). The SMILES string of the molecule is COC(=O)[C@H](CSS)NC(=O)OC(C)(C)C. The molecule has 0 aromatic rings. The molecule has 0 aromatic carbocycles. The van der Waals surface area contributed by atoms with E-state index in [1.807, 2.05) is 0 Å². The molecule has 1 N–H and O–H groups in total. The molecule has 0 aliphatic rings. The smallest absolute Gasteiger partial charge is 0.408 e. The van der Waals surface area contributed by atoms with Crippen LogP contribution in [0.15, 0.2) is 0 Å². The Kier molecular flexibility index (Phi) is 6.66. The van der Waals surface area contributed by atoms with Crippen LogP contribution in [0.2, 0.25) is 0 Å². The summed E-state index contributed by atoms with van der Waals surface area (Å²) in [6, 6.07) is -0.748. The van der Waals surface area contributed by atoms with E-state index in [0.717, 1.165) is 10.8 Å². The van der Waals surface area contributed by atoms with Crippen LogP contribution in [0.3, 0.4) is 0 Å². The van der Waals surface area contributed by atoms with Gasteiger partial charge in [0.05, 0.1) is 7.11 Å². The van der Waals surface area contributed by atoms with Crippen LogP contribution >= 0.6 is 22.5 Å². The zero-order valence-electron chi connectivity index (χ0n) is 9.77. The van der Waals surface area contributed by atoms with Crippen molar-refractivity contribution in [3.8, 4) is 0 Å². The number of carbonyl (C=O) groups is 2. The van der Waals surface area contributed by atoms with Gasteiger partial charge in [-0.15, -0.1) is 11.7 Å². The number of rotatable bonds is 4. The number of amides is 1. The molecule has 0 saturated heterocycles. The van der Waals surface area contributed by atoms with Gasteiger partial charge in [-0.1, -0.05) is 10.8 Å². The van der Waals surface area contributed by atoms with Crippen molar-refractivity contribution >= 4 is 34.5 Å². The number of thiol groups is 1. The molecular formula is C9H17NO4S2. The molecular weight excluding hydrogens is 250 g/mol. The van der Waals surface area contributed by atoms with E-state index in [4.69, 9.17) is 4.74 Å². The molecule has 94 valence electrons. The Morgan fingerprint density at radius 3 is 2.38 bits per heavy atom. The Bertz CT molecular complexity index is 252. The first-order chi connectivity index (χ1) is 7.30. The van der Waals surface area contributed by atoms with E-state index in [2.05, 4.69) is 21.7 Å². The van der Waals surface area contributed by atoms with Crippen molar-refractivity contribution in [2.24, 2.45) is 0 Å². The average molecular weight is 267 g/mol. The number of carbonyl (C=O) groups excluding carboxylic acids is 2. The molecule has 0 aliphatic carbocycles. The molecule has 0 heterocycles. The van der Waals surface area contributed by atoms with Gasteiger partial charge in [0.1, 0.15) is 11.6 Å². The lowest BCUT2D eigenvalue weighted by Crippen LogP contribution is -2.45. The first-order valence-electron chi connectivity index (χ1n) is 4.64. The number of methoxy groups -OCH3 is 1. The summed E-state index contributed by atoms with van der Waals surface area (Å²) in [6.45, 7) is 5.23. The lowest BCUT2D eigenvalue weighted by molar-refractivity contribution is -0.142. The predicted molar refractivity (Wildman–Crippen MR) is 66.6 cm³/mol. The summed E-state index contributed by atoms with van der Waals surface area (Å²) in [5, 5.41) is 2.42. The Balaban J connectivity index is 4.29. The van der Waals surface area contributed by atoms with E-state index in [9.17, 15) is 9.59 Å². The second-order valence-electron chi connectivity index (χ2n) is 4.02. The highest BCUT2D eigenvalue weighted by atomic mass is 33.1. The number of alkyl carbamates (subject to hydrolysis) is 1. The van der Waals surface area contributed by atoms with Gasteiger partial charge in [0.15, 0.2) is 0 Å². The van der Waals surface area contributed by atoms with Crippen LogP contribution in [-0.4, -0.2) is 36.6 Å². The van der Waals surface area contributed by atoms with Crippen LogP contribution in [0.5, 0.6) is 0 Å². The normalized spacial score (nSPS) is 12.8. The van der Waals surface area contributed by atoms with Crippen LogP contribution < -0.4 is 5.32 Å². The molecule has 0 bridgehead atoms. The first-order valence-corrected chi connectivity index (χ1v) is 6.67. The molecule has 0 aliphatic heterocycles. The fourth-order valence-electron chi connectivity index (χ4n) is 0.835. The Morgan fingerprint density at radius 2 is 2.00 bits per heavy atom. The van der Waals surface area contributed by atoms with Crippen molar-refractivity contribution in [2.45, 2.75) is 32.4 Å². The van der Waals surface area contributed by atoms with Crippen molar-refractivity contribution in [1.29, 1.82) is 0 Å². The van der Waals surface area contributed by atoms with Crippen LogP contribution in [0.1, 0.15) is 20.8 Å². The summed E-state index contributed by atoms with van der Waals surface area (Å²) in [6.07, 6.45) is -0.648. The highest BCUT2D eigenvalue weighted by molar-refractivity contribution is 8.68. The van der Waals surface area contributed by atoms with E-state index in [-0.39, 0.29) is 0 Å². The summed E-state index contributed by atoms with van der Waals surface area (Å²) in [5.74, 6) is -0.206. The minimum absolute atomic E-state index is 0.315. The van der Waals surface area contributed by atoms with Crippen LogP contribution in [0.25, 0.3) is 0 Å². The number of hydrogen-bond acceptors (Lipinski definition) is 6. The fraction of sp³-hybridized carbons (Fsp3) is 0.778. The van der Waals surface area contributed by atoms with Crippen molar-refractivity contribution in [2.75, 3.05) is 12.9 Å². The molecule has 1 amide bonds. The van der Waals surface area contributed by atoms with E-state index in [0.29, 0.717) is 5.75 Å². The quantitative estimate of drug-likeness (QED) is 0.460. The van der Waals surface area contributed by atoms with Gasteiger partial charge in [-0.3, -0.25) is 0 Å². The highest BCUT2D eigenvalue weighted by Gasteiger charge is 2.24. The topological polar surface area (TPSA) is 64.6 Å². The van der Waals surface area contributed by atoms with E-state index >= 15 is 0 Å². The van der Waals surface area contributed by atoms with Crippen molar-refractivity contribution in [1.82, 2.24) is 5.32 Å². The minimum Gasteiger partial charge on any atom is -0.467 e. The number of esters is 1. The van der Waals surface area contributed by atoms with Gasteiger partial charge in [-0.05, 0) is 20.8 Å². The summed E-state index contributed by atoms with van der Waals surface area (Å²) < 4.78 is 9.56. The number of nitrogens with one attached hydrogen (secondary N) is 1. The molecule has 0 aromatic heterocycles. The monoisotopic (exact) mass is 267 g/mol. The summed E-state index contributed by atoms with van der Waals surface area (Å²) in [4.78, 5) is 22.7. The Hall–Kier alpha value is -0.560. The van der Waals surface area contributed by atoms with Gasteiger partial charge in [-0.2, -0.15) is 0 Å². The molecule has 0 spiro atoms. The third-order valence-electron chi connectivity index (χ3n) is 1.42. The van der Waals surface area contributed by atoms with Crippen molar-refractivity contribution < 1.29 is 19.1 Å². The fourth-order valence-corrected chi connectivity index (χ4v) is 1.65. The zero-order valence-corrected chi connectivity index (χ0v) is 11.5. The molecule has 0 radical (unpaired) electrons. The standard InChI is InChI=1S/C9H17NO4S2/c1-9(2,3)14-8(12)10-6(5-16-15)7(11)13-4/h6,15H,5H2,1-4H3,(H,10,12)/t6-/m0/s1. The van der Waals surface area contributed by atoms with E-state index < -0.39 is 23.7 Å². The summed E-state index contributed by atoms with van der Waals surface area (Å²) in [5.41, 5.74) is -0.598. The second-order valence-corrected chi connectivity index (χ2v) is 5.38. The lowest BCUT2D eigenvalue weighted by Gasteiger charge is -2.22. The van der Waals surface area contributed by atoms with E-state index in [1.54, 1.807) is 20.8 Å². The predicted octanol–water partition coefficient (Wildman–Crippen LogP) is 1.63. The van der Waals surface area contributed by atoms with Gasteiger partial charge in [0.25, 0.3) is 0 Å². The van der Waals surface area contributed by atoms with Crippen molar-refractivity contribution in [3.05, 3.63) is 0 Å². The van der Waals surface area contributed by atoms with Gasteiger partial charge in [-0.25, -0.2) is 9.59 Å². The molecule has 0 unspecified atom stereocenters. The van der Waals surface area contributed by atoms with E-state index in [1.165, 1.54) is 7.11 Å². The van der Waals surface area contributed by atoms with Gasteiger partial charge in [0, 0.05) is 5.75 Å². The summed E-state index contributed by atoms with van der Waals surface area (Å²) >= 11 is 3.92. The van der Waals surface area contributed by atoms with Crippen LogP contribution in [0, 0.1) is 0 Å². The van der Waals surface area contributed by atoms with Crippen LogP contribution in [0.4, 0.5) is 4.79 Å². The third kappa shape index (κ3) is 6.84. The van der Waals surface area contributed by atoms with Gasteiger partial charge >= 0.3 is 12.1 Å². The number of hydrogen-bond donors (Lipinski definition) is 2. The Labute approximate surface area is 104 Å². The molecule has 5 nitrogen and oxygen atoms in total. The largest absolute Gasteiger partial charge is 0.467 e.